The van der Waals surface area contributed by atoms with Crippen molar-refractivity contribution in [3.05, 3.63) is 24.0 Å². The first-order valence-electron chi connectivity index (χ1n) is 3.12. The van der Waals surface area contributed by atoms with Gasteiger partial charge in [-0.15, -0.1) is 5.46 Å². The fourth-order valence-electron chi connectivity index (χ4n) is 0.771. The van der Waals surface area contributed by atoms with E-state index in [1.54, 1.807) is 0 Å². The van der Waals surface area contributed by atoms with Crippen molar-refractivity contribution >= 4 is 12.4 Å². The number of nitrogens with zero attached hydrogens (tertiary/aromatic N) is 1. The third-order valence-corrected chi connectivity index (χ3v) is 1.30. The summed E-state index contributed by atoms with van der Waals surface area (Å²) in [6, 6.07) is 2.02. The molecular formula is C6H6BF3KN. The molecule has 0 fully saturated rings. The van der Waals surface area contributed by atoms with Gasteiger partial charge in [0.15, 0.2) is 0 Å². The Labute approximate surface area is 111 Å². The molecule has 12 heavy (non-hydrogen) atoms. The number of hydrogen-bond acceptors (Lipinski definition) is 1. The Bertz CT molecular complexity index is 263. The molecule has 0 bridgehead atoms. The predicted octanol–water partition coefficient (Wildman–Crippen LogP) is -1.55. The third kappa shape index (κ3) is 3.57. The van der Waals surface area contributed by atoms with Gasteiger partial charge >= 0.3 is 58.4 Å². The first-order valence-corrected chi connectivity index (χ1v) is 3.12. The molecule has 0 N–H and O–H groups in total. The smallest absolute Gasteiger partial charge is 0.445 e. The van der Waals surface area contributed by atoms with E-state index in [9.17, 15) is 12.9 Å². The van der Waals surface area contributed by atoms with Crippen LogP contribution in [0.15, 0.2) is 18.3 Å². The Morgan fingerprint density at radius 2 is 1.92 bits per heavy atom. The summed E-state index contributed by atoms with van der Waals surface area (Å²) in [5, 5.41) is 0. The number of rotatable bonds is 1. The van der Waals surface area contributed by atoms with Crippen LogP contribution < -0.4 is 56.8 Å². The fraction of sp³-hybridized carbons (Fsp3) is 0.167. The van der Waals surface area contributed by atoms with Crippen LogP contribution in [0, 0.1) is 6.92 Å². The van der Waals surface area contributed by atoms with Crippen LogP contribution >= 0.6 is 0 Å². The number of aromatic nitrogens is 1. The van der Waals surface area contributed by atoms with Crippen molar-refractivity contribution < 1.29 is 64.3 Å². The summed E-state index contributed by atoms with van der Waals surface area (Å²) < 4.78 is 36.0. The average molecular weight is 199 g/mol. The van der Waals surface area contributed by atoms with Crippen LogP contribution in [-0.2, 0) is 0 Å². The van der Waals surface area contributed by atoms with E-state index in [0.717, 1.165) is 12.1 Å². The van der Waals surface area contributed by atoms with E-state index in [-0.39, 0.29) is 51.4 Å². The summed E-state index contributed by atoms with van der Waals surface area (Å²) in [4.78, 5) is 3.66. The molecule has 0 saturated heterocycles. The van der Waals surface area contributed by atoms with Crippen molar-refractivity contribution in [2.24, 2.45) is 0 Å². The van der Waals surface area contributed by atoms with Crippen LogP contribution in [0.5, 0.6) is 0 Å². The third-order valence-electron chi connectivity index (χ3n) is 1.30. The standard InChI is InChI=1S/C6H6BF3N.K/c1-5-4-6(2-3-11-5)7(8,9)10;/h2-4H,1H3;/q-1;+1. The monoisotopic (exact) mass is 199 g/mol. The molecule has 60 valence electrons. The Hall–Kier alpha value is 0.641. The maximum Gasteiger partial charge on any atom is 1.00 e. The van der Waals surface area contributed by atoms with Gasteiger partial charge in [-0.2, -0.15) is 0 Å². The molecule has 1 aromatic rings. The van der Waals surface area contributed by atoms with E-state index in [0.29, 0.717) is 5.69 Å². The fourth-order valence-corrected chi connectivity index (χ4v) is 0.771. The van der Waals surface area contributed by atoms with Gasteiger partial charge in [0.2, 0.25) is 0 Å². The Balaban J connectivity index is 0.00000121. The normalized spacial score (nSPS) is 10.7. The number of halogens is 3. The molecule has 1 rings (SSSR count). The van der Waals surface area contributed by atoms with Crippen molar-refractivity contribution in [1.82, 2.24) is 4.98 Å². The van der Waals surface area contributed by atoms with Crippen molar-refractivity contribution in [2.75, 3.05) is 0 Å². The molecule has 0 spiro atoms. The van der Waals surface area contributed by atoms with Gasteiger partial charge in [-0.25, -0.2) is 0 Å². The molecular weight excluding hydrogens is 193 g/mol. The van der Waals surface area contributed by atoms with E-state index in [1.165, 1.54) is 13.1 Å². The molecule has 0 aliphatic heterocycles. The second kappa shape index (κ2) is 4.76. The summed E-state index contributed by atoms with van der Waals surface area (Å²) in [5.41, 5.74) is -0.195. The SMILES string of the molecule is Cc1cc([B-](F)(F)F)ccn1.[K+]. The van der Waals surface area contributed by atoms with Crippen LogP contribution in [0.3, 0.4) is 0 Å². The molecule has 0 saturated carbocycles. The Kier molecular flexibility index (Phi) is 5.01. The van der Waals surface area contributed by atoms with Crippen molar-refractivity contribution in [3.63, 3.8) is 0 Å². The zero-order valence-electron chi connectivity index (χ0n) is 6.89. The summed E-state index contributed by atoms with van der Waals surface area (Å²) >= 11 is 0. The van der Waals surface area contributed by atoms with Gasteiger partial charge in [0.05, 0.1) is 0 Å². The van der Waals surface area contributed by atoms with Gasteiger partial charge in [0.1, 0.15) is 0 Å². The first-order chi connectivity index (χ1) is 5.00. The van der Waals surface area contributed by atoms with Gasteiger partial charge in [0, 0.05) is 11.9 Å². The minimum Gasteiger partial charge on any atom is -0.445 e. The van der Waals surface area contributed by atoms with Crippen molar-refractivity contribution in [1.29, 1.82) is 0 Å². The maximum atomic E-state index is 12.0. The van der Waals surface area contributed by atoms with Crippen LogP contribution in [0.2, 0.25) is 0 Å². The Morgan fingerprint density at radius 3 is 2.25 bits per heavy atom. The first kappa shape index (κ1) is 12.6. The molecule has 1 aromatic heterocycles. The van der Waals surface area contributed by atoms with Gasteiger partial charge < -0.3 is 12.9 Å². The minimum atomic E-state index is -4.86. The van der Waals surface area contributed by atoms with Crippen molar-refractivity contribution in [2.45, 2.75) is 6.92 Å². The van der Waals surface area contributed by atoms with Crippen LogP contribution in [0.4, 0.5) is 12.9 Å². The van der Waals surface area contributed by atoms with Gasteiger partial charge in [-0.3, -0.25) is 4.98 Å². The molecule has 1 heterocycles. The van der Waals surface area contributed by atoms with E-state index in [2.05, 4.69) is 4.98 Å². The van der Waals surface area contributed by atoms with E-state index in [1.807, 2.05) is 0 Å². The largest absolute Gasteiger partial charge is 1.00 e. The van der Waals surface area contributed by atoms with Gasteiger partial charge in [-0.1, -0.05) is 12.1 Å². The molecule has 0 amide bonds. The zero-order valence-corrected chi connectivity index (χ0v) is 10.0. The van der Waals surface area contributed by atoms with Gasteiger partial charge in [-0.05, 0) is 6.92 Å². The average Bonchev–Trinajstić information content (AvgIpc) is 1.86. The van der Waals surface area contributed by atoms with Crippen LogP contribution in [0.1, 0.15) is 5.69 Å². The number of aryl methyl sites for hydroxylation is 1. The summed E-state index contributed by atoms with van der Waals surface area (Å²) in [7, 11) is 0. The summed E-state index contributed by atoms with van der Waals surface area (Å²) in [6.45, 7) is -3.33. The minimum absolute atomic E-state index is 0. The summed E-state index contributed by atoms with van der Waals surface area (Å²) in [6.07, 6.45) is 1.17. The molecule has 1 nitrogen and oxygen atoms in total. The number of hydrogen-bond donors (Lipinski definition) is 0. The molecule has 0 atom stereocenters. The molecule has 6 heteroatoms. The molecule has 0 aliphatic rings. The molecule has 0 aromatic carbocycles. The maximum absolute atomic E-state index is 12.0. The van der Waals surface area contributed by atoms with Crippen LogP contribution in [-0.4, -0.2) is 12.0 Å². The molecule has 0 unspecified atom stereocenters. The Morgan fingerprint density at radius 1 is 1.33 bits per heavy atom. The quantitative estimate of drug-likeness (QED) is 0.499. The van der Waals surface area contributed by atoms with Gasteiger partial charge in [0.25, 0.3) is 0 Å². The molecule has 0 aliphatic carbocycles. The predicted molar refractivity (Wildman–Crippen MR) is 37.7 cm³/mol. The van der Waals surface area contributed by atoms with E-state index in [4.69, 9.17) is 0 Å². The van der Waals surface area contributed by atoms with E-state index >= 15 is 0 Å². The second-order valence-corrected chi connectivity index (χ2v) is 2.31. The number of pyridine rings is 1. The second-order valence-electron chi connectivity index (χ2n) is 2.31. The molecule has 0 radical (unpaired) electrons. The summed E-state index contributed by atoms with van der Waals surface area (Å²) in [5.74, 6) is 0. The topological polar surface area (TPSA) is 12.9 Å². The van der Waals surface area contributed by atoms with Crippen molar-refractivity contribution in [3.8, 4) is 0 Å². The van der Waals surface area contributed by atoms with Crippen LogP contribution in [0.25, 0.3) is 0 Å². The zero-order chi connectivity index (χ0) is 8.48. The van der Waals surface area contributed by atoms with E-state index < -0.39 is 12.4 Å².